The molecule has 0 bridgehead atoms. The van der Waals surface area contributed by atoms with Crippen LogP contribution in [0.2, 0.25) is 0 Å². The number of carbonyl (C=O) groups is 1. The van der Waals surface area contributed by atoms with Crippen molar-refractivity contribution in [2.45, 2.75) is 32.4 Å². The van der Waals surface area contributed by atoms with Crippen molar-refractivity contribution in [3.63, 3.8) is 0 Å². The first-order valence-corrected chi connectivity index (χ1v) is 10.0. The maximum absolute atomic E-state index is 12.9. The molecule has 3 heterocycles. The Balaban J connectivity index is 1.49. The highest BCUT2D eigenvalue weighted by Gasteiger charge is 2.31. The lowest BCUT2D eigenvalue weighted by atomic mass is 10.0. The zero-order chi connectivity index (χ0) is 20.2. The van der Waals surface area contributed by atoms with Gasteiger partial charge in [-0.15, -0.1) is 0 Å². The zero-order valence-corrected chi connectivity index (χ0v) is 16.6. The summed E-state index contributed by atoms with van der Waals surface area (Å²) in [6, 6.07) is 7.66. The lowest BCUT2D eigenvalue weighted by Crippen LogP contribution is -2.28. The zero-order valence-electron chi connectivity index (χ0n) is 16.6. The lowest BCUT2D eigenvalue weighted by Gasteiger charge is -2.16. The molecule has 1 saturated heterocycles. The monoisotopic (exact) mass is 394 g/mol. The summed E-state index contributed by atoms with van der Waals surface area (Å²) in [4.78, 5) is 23.7. The minimum absolute atomic E-state index is 0.0484. The molecule has 1 aliphatic heterocycles. The summed E-state index contributed by atoms with van der Waals surface area (Å²) in [5.41, 5.74) is 9.94. The van der Waals surface area contributed by atoms with Crippen molar-refractivity contribution in [3.05, 3.63) is 53.5 Å². The van der Waals surface area contributed by atoms with Crippen molar-refractivity contribution < 1.29 is 9.53 Å². The first-order chi connectivity index (χ1) is 14.2. The molecule has 2 aromatic heterocycles. The molecule has 1 fully saturated rings. The molecule has 0 aliphatic carbocycles. The number of likely N-dealkylation sites (tertiary alicyclic amines) is 1. The largest absolute Gasteiger partial charge is 0.377 e. The fourth-order valence-corrected chi connectivity index (χ4v) is 3.79. The van der Waals surface area contributed by atoms with Gasteiger partial charge in [-0.2, -0.15) is 5.10 Å². The number of carbonyl (C=O) groups excluding carboxylic acids is 1. The average molecular weight is 394 g/mol. The Morgan fingerprint density at radius 3 is 2.79 bits per heavy atom. The van der Waals surface area contributed by atoms with Gasteiger partial charge in [-0.1, -0.05) is 12.1 Å². The smallest absolute Gasteiger partial charge is 0.253 e. The van der Waals surface area contributed by atoms with Gasteiger partial charge < -0.3 is 15.4 Å². The van der Waals surface area contributed by atoms with Gasteiger partial charge in [-0.25, -0.2) is 14.6 Å². The second-order valence-electron chi connectivity index (χ2n) is 7.20. The normalized spacial score (nSPS) is 16.6. The van der Waals surface area contributed by atoms with Crippen molar-refractivity contribution in [3.8, 4) is 0 Å². The van der Waals surface area contributed by atoms with Gasteiger partial charge in [-0.05, 0) is 31.0 Å². The van der Waals surface area contributed by atoms with Crippen LogP contribution in [-0.4, -0.2) is 56.8 Å². The van der Waals surface area contributed by atoms with Gasteiger partial charge in [0.25, 0.3) is 5.91 Å². The summed E-state index contributed by atoms with van der Waals surface area (Å²) >= 11 is 0. The Labute approximate surface area is 169 Å². The van der Waals surface area contributed by atoms with Crippen LogP contribution in [0.1, 0.15) is 40.9 Å². The van der Waals surface area contributed by atoms with Gasteiger partial charge in [0.05, 0.1) is 18.8 Å². The molecule has 4 rings (SSSR count). The van der Waals surface area contributed by atoms with E-state index in [4.69, 9.17) is 15.6 Å². The molecule has 1 atom stereocenters. The van der Waals surface area contributed by atoms with Crippen molar-refractivity contribution >= 4 is 17.1 Å². The van der Waals surface area contributed by atoms with Crippen LogP contribution in [0.4, 0.5) is 0 Å². The van der Waals surface area contributed by atoms with Crippen molar-refractivity contribution in [2.75, 3.05) is 26.2 Å². The second kappa shape index (κ2) is 8.67. The first kappa shape index (κ1) is 19.5. The van der Waals surface area contributed by atoms with E-state index < -0.39 is 0 Å². The molecule has 1 aromatic carbocycles. The molecule has 3 aromatic rings. The molecule has 1 amide bonds. The molecular weight excluding hydrogens is 368 g/mol. The molecule has 8 heteroatoms. The van der Waals surface area contributed by atoms with Crippen LogP contribution >= 0.6 is 0 Å². The molecule has 0 unspecified atom stereocenters. The quantitative estimate of drug-likeness (QED) is 0.658. The van der Waals surface area contributed by atoms with E-state index in [9.17, 15) is 4.79 Å². The SMILES string of the molecule is CCOCc1ccc(C(=O)N2CC[C@H](c3nn(CCN)c4nccnc34)C2)cc1. The van der Waals surface area contributed by atoms with Crippen molar-refractivity contribution in [2.24, 2.45) is 5.73 Å². The number of amides is 1. The molecule has 1 aliphatic rings. The van der Waals surface area contributed by atoms with Gasteiger partial charge in [0, 0.05) is 50.1 Å². The molecule has 2 N–H and O–H groups in total. The standard InChI is InChI=1S/C21H26N6O2/c1-2-29-14-15-3-5-16(6-4-15)21(28)26-11-7-17(13-26)18-19-20(24-10-9-23-19)27(25-18)12-8-22/h3-6,9-10,17H,2,7-8,11-14,22H2,1H3/t17-/m0/s1. The van der Waals surface area contributed by atoms with Crippen LogP contribution in [0.5, 0.6) is 0 Å². The van der Waals surface area contributed by atoms with E-state index in [2.05, 4.69) is 9.97 Å². The van der Waals surface area contributed by atoms with Gasteiger partial charge in [-0.3, -0.25) is 4.79 Å². The third-order valence-electron chi connectivity index (χ3n) is 5.27. The van der Waals surface area contributed by atoms with Crippen LogP contribution in [0.3, 0.4) is 0 Å². The number of hydrogen-bond acceptors (Lipinski definition) is 6. The minimum atomic E-state index is 0.0484. The summed E-state index contributed by atoms with van der Waals surface area (Å²) in [5, 5.41) is 4.73. The van der Waals surface area contributed by atoms with E-state index in [-0.39, 0.29) is 11.8 Å². The number of ether oxygens (including phenoxy) is 1. The van der Waals surface area contributed by atoms with Crippen LogP contribution in [0.25, 0.3) is 11.2 Å². The number of aromatic nitrogens is 4. The molecule has 29 heavy (non-hydrogen) atoms. The van der Waals surface area contributed by atoms with E-state index in [1.54, 1.807) is 12.4 Å². The van der Waals surface area contributed by atoms with Crippen LogP contribution in [-0.2, 0) is 17.9 Å². The first-order valence-electron chi connectivity index (χ1n) is 10.0. The lowest BCUT2D eigenvalue weighted by molar-refractivity contribution is 0.0790. The molecular formula is C21H26N6O2. The minimum Gasteiger partial charge on any atom is -0.377 e. The van der Waals surface area contributed by atoms with Crippen molar-refractivity contribution in [1.29, 1.82) is 0 Å². The molecule has 0 spiro atoms. The predicted octanol–water partition coefficient (Wildman–Crippen LogP) is 1.95. The van der Waals surface area contributed by atoms with Crippen LogP contribution < -0.4 is 5.73 Å². The molecule has 8 nitrogen and oxygen atoms in total. The van der Waals surface area contributed by atoms with Gasteiger partial charge in [0.2, 0.25) is 0 Å². The van der Waals surface area contributed by atoms with Crippen LogP contribution in [0.15, 0.2) is 36.7 Å². The van der Waals surface area contributed by atoms with Crippen LogP contribution in [0, 0.1) is 0 Å². The number of nitrogens with two attached hydrogens (primary N) is 1. The fraction of sp³-hybridized carbons (Fsp3) is 0.429. The average Bonchev–Trinajstić information content (AvgIpc) is 3.38. The highest BCUT2D eigenvalue weighted by Crippen LogP contribution is 2.31. The Morgan fingerprint density at radius 2 is 2.03 bits per heavy atom. The Hall–Kier alpha value is -2.84. The topological polar surface area (TPSA) is 99.2 Å². The fourth-order valence-electron chi connectivity index (χ4n) is 3.79. The Kier molecular flexibility index (Phi) is 5.82. The molecule has 0 radical (unpaired) electrons. The van der Waals surface area contributed by atoms with E-state index >= 15 is 0 Å². The number of rotatable bonds is 7. The van der Waals surface area contributed by atoms with E-state index in [0.29, 0.717) is 45.0 Å². The Bertz CT molecular complexity index is 985. The van der Waals surface area contributed by atoms with Crippen molar-refractivity contribution in [1.82, 2.24) is 24.6 Å². The number of hydrogen-bond donors (Lipinski definition) is 1. The van der Waals surface area contributed by atoms with E-state index in [1.165, 1.54) is 0 Å². The second-order valence-corrected chi connectivity index (χ2v) is 7.20. The summed E-state index contributed by atoms with van der Waals surface area (Å²) in [6.45, 7) is 5.63. The van der Waals surface area contributed by atoms with Gasteiger partial charge in [0.1, 0.15) is 5.52 Å². The summed E-state index contributed by atoms with van der Waals surface area (Å²) in [5.74, 6) is 0.196. The third-order valence-corrected chi connectivity index (χ3v) is 5.27. The number of fused-ring (bicyclic) bond motifs is 1. The third kappa shape index (κ3) is 3.99. The number of nitrogens with zero attached hydrogens (tertiary/aromatic N) is 5. The summed E-state index contributed by atoms with van der Waals surface area (Å²) in [7, 11) is 0. The van der Waals surface area contributed by atoms with E-state index in [1.807, 2.05) is 40.8 Å². The summed E-state index contributed by atoms with van der Waals surface area (Å²) < 4.78 is 7.23. The van der Waals surface area contributed by atoms with Gasteiger partial charge >= 0.3 is 0 Å². The summed E-state index contributed by atoms with van der Waals surface area (Å²) in [6.07, 6.45) is 4.21. The van der Waals surface area contributed by atoms with Gasteiger partial charge in [0.15, 0.2) is 5.65 Å². The number of benzene rings is 1. The molecule has 0 saturated carbocycles. The highest BCUT2D eigenvalue weighted by atomic mass is 16.5. The highest BCUT2D eigenvalue weighted by molar-refractivity contribution is 5.94. The molecule has 152 valence electrons. The van der Waals surface area contributed by atoms with E-state index in [0.717, 1.165) is 28.8 Å². The Morgan fingerprint density at radius 1 is 1.24 bits per heavy atom. The predicted molar refractivity (Wildman–Crippen MR) is 109 cm³/mol. The maximum Gasteiger partial charge on any atom is 0.253 e. The maximum atomic E-state index is 12.9.